The number of hydrogen-bond acceptors (Lipinski definition) is 5. The maximum atomic E-state index is 12.1. The molecule has 8 nitrogen and oxygen atoms in total. The molecule has 0 aromatic carbocycles. The standard InChI is InChI=1S/C16H25N5O3/c1-12(22)17-14-6-7-21(18-14)13(2)19-8-10-20(11-9-19)15(23)24-16(3,4)5/h6-7H,2,8-11H2,1,3-5H3,(H,17,18,22). The first-order chi connectivity index (χ1) is 11.2. The minimum atomic E-state index is -0.493. The van der Waals surface area contributed by atoms with Crippen molar-refractivity contribution in [1.29, 1.82) is 0 Å². The molecule has 1 aromatic rings. The van der Waals surface area contributed by atoms with Crippen LogP contribution in [0.5, 0.6) is 0 Å². The van der Waals surface area contributed by atoms with Crippen LogP contribution < -0.4 is 5.32 Å². The molecule has 0 bridgehead atoms. The normalized spacial score (nSPS) is 15.2. The van der Waals surface area contributed by atoms with Gasteiger partial charge >= 0.3 is 6.09 Å². The Bertz CT molecular complexity index is 624. The Kier molecular flexibility index (Phi) is 5.16. The number of ether oxygens (including phenoxy) is 1. The maximum absolute atomic E-state index is 12.1. The molecule has 1 saturated heterocycles. The second-order valence-electron chi connectivity index (χ2n) is 6.70. The van der Waals surface area contributed by atoms with Gasteiger partial charge in [-0.25, -0.2) is 9.48 Å². The molecule has 132 valence electrons. The molecule has 0 spiro atoms. The third kappa shape index (κ3) is 4.74. The van der Waals surface area contributed by atoms with E-state index in [-0.39, 0.29) is 12.0 Å². The smallest absolute Gasteiger partial charge is 0.410 e. The fourth-order valence-electron chi connectivity index (χ4n) is 2.33. The zero-order valence-electron chi connectivity index (χ0n) is 14.7. The van der Waals surface area contributed by atoms with Gasteiger partial charge in [0.1, 0.15) is 11.4 Å². The van der Waals surface area contributed by atoms with Crippen molar-refractivity contribution in [2.45, 2.75) is 33.3 Å². The molecule has 1 aliphatic heterocycles. The summed E-state index contributed by atoms with van der Waals surface area (Å²) in [6.07, 6.45) is 1.45. The lowest BCUT2D eigenvalue weighted by atomic mass is 10.2. The molecule has 2 rings (SSSR count). The summed E-state index contributed by atoms with van der Waals surface area (Å²) < 4.78 is 7.01. The van der Waals surface area contributed by atoms with E-state index in [1.165, 1.54) is 6.92 Å². The highest BCUT2D eigenvalue weighted by molar-refractivity contribution is 5.87. The van der Waals surface area contributed by atoms with Crippen LogP contribution in [-0.4, -0.2) is 63.4 Å². The SMILES string of the molecule is C=C(N1CCN(C(=O)OC(C)(C)C)CC1)n1ccc(NC(C)=O)n1. The molecular weight excluding hydrogens is 310 g/mol. The highest BCUT2D eigenvalue weighted by Gasteiger charge is 2.26. The summed E-state index contributed by atoms with van der Waals surface area (Å²) in [4.78, 5) is 26.9. The third-order valence-electron chi connectivity index (χ3n) is 3.45. The van der Waals surface area contributed by atoms with Crippen LogP contribution >= 0.6 is 0 Å². The quantitative estimate of drug-likeness (QED) is 0.911. The second-order valence-corrected chi connectivity index (χ2v) is 6.70. The topological polar surface area (TPSA) is 79.7 Å². The van der Waals surface area contributed by atoms with Gasteiger partial charge in [-0.3, -0.25) is 4.79 Å². The number of amides is 2. The van der Waals surface area contributed by atoms with Gasteiger partial charge in [-0.15, -0.1) is 5.10 Å². The third-order valence-corrected chi connectivity index (χ3v) is 3.45. The molecule has 0 aliphatic carbocycles. The average Bonchev–Trinajstić information content (AvgIpc) is 2.92. The van der Waals surface area contributed by atoms with Gasteiger partial charge in [-0.2, -0.15) is 0 Å². The van der Waals surface area contributed by atoms with Crippen molar-refractivity contribution in [2.75, 3.05) is 31.5 Å². The molecule has 0 saturated carbocycles. The number of nitrogens with one attached hydrogen (secondary N) is 1. The number of piperazine rings is 1. The van der Waals surface area contributed by atoms with Gasteiger partial charge in [0.2, 0.25) is 5.91 Å². The Morgan fingerprint density at radius 3 is 2.33 bits per heavy atom. The first-order valence-electron chi connectivity index (χ1n) is 7.91. The lowest BCUT2D eigenvalue weighted by Crippen LogP contribution is -2.49. The summed E-state index contributed by atoms with van der Waals surface area (Å²) in [5.41, 5.74) is -0.493. The van der Waals surface area contributed by atoms with E-state index >= 15 is 0 Å². The van der Waals surface area contributed by atoms with Gasteiger partial charge in [0.15, 0.2) is 5.82 Å². The van der Waals surface area contributed by atoms with E-state index in [9.17, 15) is 9.59 Å². The van der Waals surface area contributed by atoms with Crippen molar-refractivity contribution in [1.82, 2.24) is 19.6 Å². The van der Waals surface area contributed by atoms with E-state index < -0.39 is 5.60 Å². The average molecular weight is 335 g/mol. The van der Waals surface area contributed by atoms with Gasteiger partial charge in [-0.05, 0) is 20.8 Å². The predicted molar refractivity (Wildman–Crippen MR) is 91.2 cm³/mol. The minimum Gasteiger partial charge on any atom is -0.444 e. The number of aromatic nitrogens is 2. The largest absolute Gasteiger partial charge is 0.444 e. The van der Waals surface area contributed by atoms with E-state index in [2.05, 4.69) is 17.0 Å². The number of hydrogen-bond donors (Lipinski definition) is 1. The van der Waals surface area contributed by atoms with Crippen LogP contribution in [0, 0.1) is 0 Å². The Labute approximate surface area is 142 Å². The molecule has 1 fully saturated rings. The van der Waals surface area contributed by atoms with E-state index in [0.29, 0.717) is 37.8 Å². The molecule has 0 radical (unpaired) electrons. The Morgan fingerprint density at radius 2 is 1.79 bits per heavy atom. The van der Waals surface area contributed by atoms with Crippen molar-refractivity contribution in [3.8, 4) is 0 Å². The molecule has 1 aromatic heterocycles. The van der Waals surface area contributed by atoms with Crippen LogP contribution in [0.1, 0.15) is 27.7 Å². The van der Waals surface area contributed by atoms with E-state index in [4.69, 9.17) is 4.74 Å². The number of carbonyl (C=O) groups is 2. The maximum Gasteiger partial charge on any atom is 0.410 e. The van der Waals surface area contributed by atoms with Gasteiger partial charge in [0.25, 0.3) is 0 Å². The number of anilines is 1. The first-order valence-corrected chi connectivity index (χ1v) is 7.91. The fourth-order valence-corrected chi connectivity index (χ4v) is 2.33. The molecule has 2 heterocycles. The number of nitrogens with zero attached hydrogens (tertiary/aromatic N) is 4. The van der Waals surface area contributed by atoms with Crippen LogP contribution in [0.3, 0.4) is 0 Å². The lowest BCUT2D eigenvalue weighted by Gasteiger charge is -2.37. The van der Waals surface area contributed by atoms with Crippen molar-refractivity contribution in [3.05, 3.63) is 18.8 Å². The summed E-state index contributed by atoms with van der Waals surface area (Å²) in [6, 6.07) is 1.71. The van der Waals surface area contributed by atoms with Gasteiger partial charge in [0.05, 0.1) is 0 Å². The van der Waals surface area contributed by atoms with Crippen molar-refractivity contribution < 1.29 is 14.3 Å². The predicted octanol–water partition coefficient (Wildman–Crippen LogP) is 1.82. The molecule has 0 atom stereocenters. The number of carbonyl (C=O) groups excluding carboxylic acids is 2. The Morgan fingerprint density at radius 1 is 1.21 bits per heavy atom. The van der Waals surface area contributed by atoms with E-state index in [1.54, 1.807) is 21.8 Å². The molecular formula is C16H25N5O3. The van der Waals surface area contributed by atoms with E-state index in [1.807, 2.05) is 25.7 Å². The highest BCUT2D eigenvalue weighted by atomic mass is 16.6. The van der Waals surface area contributed by atoms with Crippen molar-refractivity contribution in [2.24, 2.45) is 0 Å². The van der Waals surface area contributed by atoms with E-state index in [0.717, 1.165) is 0 Å². The fraction of sp³-hybridized carbons (Fsp3) is 0.562. The number of rotatable bonds is 3. The van der Waals surface area contributed by atoms with Crippen molar-refractivity contribution >= 4 is 23.6 Å². The second kappa shape index (κ2) is 6.94. The van der Waals surface area contributed by atoms with Crippen LogP contribution in [0.25, 0.3) is 5.82 Å². The minimum absolute atomic E-state index is 0.170. The Hall–Kier alpha value is -2.51. The van der Waals surface area contributed by atoms with Crippen LogP contribution in [0.2, 0.25) is 0 Å². The summed E-state index contributed by atoms with van der Waals surface area (Å²) >= 11 is 0. The van der Waals surface area contributed by atoms with Crippen LogP contribution in [0.15, 0.2) is 18.8 Å². The summed E-state index contributed by atoms with van der Waals surface area (Å²) in [6.45, 7) is 13.5. The Balaban J connectivity index is 1.89. The summed E-state index contributed by atoms with van der Waals surface area (Å²) in [5.74, 6) is 1.02. The van der Waals surface area contributed by atoms with Gasteiger partial charge in [0, 0.05) is 45.4 Å². The van der Waals surface area contributed by atoms with Crippen molar-refractivity contribution in [3.63, 3.8) is 0 Å². The zero-order valence-corrected chi connectivity index (χ0v) is 14.7. The highest BCUT2D eigenvalue weighted by Crippen LogP contribution is 2.16. The molecule has 1 N–H and O–H groups in total. The first kappa shape index (κ1) is 17.8. The zero-order chi connectivity index (χ0) is 17.9. The molecule has 8 heteroatoms. The molecule has 2 amide bonds. The van der Waals surface area contributed by atoms with Gasteiger partial charge in [-0.1, -0.05) is 6.58 Å². The van der Waals surface area contributed by atoms with Gasteiger partial charge < -0.3 is 19.9 Å². The molecule has 1 aliphatic rings. The van der Waals surface area contributed by atoms with Crippen LogP contribution in [0.4, 0.5) is 10.6 Å². The summed E-state index contributed by atoms with van der Waals surface area (Å²) in [5, 5.41) is 6.89. The molecule has 0 unspecified atom stereocenters. The molecule has 24 heavy (non-hydrogen) atoms. The summed E-state index contributed by atoms with van der Waals surface area (Å²) in [7, 11) is 0. The lowest BCUT2D eigenvalue weighted by molar-refractivity contribution is -0.114. The monoisotopic (exact) mass is 335 g/mol. The van der Waals surface area contributed by atoms with Crippen LogP contribution in [-0.2, 0) is 9.53 Å².